The van der Waals surface area contributed by atoms with Crippen LogP contribution in [0.4, 0.5) is 10.1 Å². The van der Waals surface area contributed by atoms with Gasteiger partial charge in [-0.3, -0.25) is 19.2 Å². The molecule has 0 saturated carbocycles. The number of ether oxygens (including phenoxy) is 1. The van der Waals surface area contributed by atoms with E-state index in [1.165, 1.54) is 36.2 Å². The molecule has 42 heavy (non-hydrogen) atoms. The standard InChI is InChI=1S/C31H32ClFN4O5/c1-20(38)42-19-31(2,3)18-37-25-11-7-5-9-23(25)17-36(29(40)21-12-13-34-27(32)14-21)26(30(37)41)15-28(39)35-16-22-8-4-6-10-24(22)33/h4-14,26H,15-19H2,1-3H3,(H,35,39). The number of rotatable bonds is 9. The first kappa shape index (κ1) is 30.6. The Balaban J connectivity index is 1.70. The highest BCUT2D eigenvalue weighted by Crippen LogP contribution is 2.33. The molecule has 1 unspecified atom stereocenters. The summed E-state index contributed by atoms with van der Waals surface area (Å²) in [7, 11) is 0. The molecule has 220 valence electrons. The van der Waals surface area contributed by atoms with Crippen molar-refractivity contribution in [3.05, 3.63) is 94.5 Å². The van der Waals surface area contributed by atoms with Crippen LogP contribution in [-0.4, -0.2) is 52.8 Å². The van der Waals surface area contributed by atoms with Crippen LogP contribution in [-0.2, 0) is 32.2 Å². The monoisotopic (exact) mass is 594 g/mol. The molecule has 1 atom stereocenters. The minimum atomic E-state index is -1.21. The van der Waals surface area contributed by atoms with Crippen molar-refractivity contribution in [2.24, 2.45) is 5.41 Å². The third kappa shape index (κ3) is 7.50. The fourth-order valence-corrected chi connectivity index (χ4v) is 4.94. The molecule has 9 nitrogen and oxygen atoms in total. The van der Waals surface area contributed by atoms with Gasteiger partial charge < -0.3 is 19.9 Å². The number of para-hydroxylation sites is 1. The van der Waals surface area contributed by atoms with Gasteiger partial charge in [0.2, 0.25) is 11.8 Å². The van der Waals surface area contributed by atoms with Crippen molar-refractivity contribution < 1.29 is 28.3 Å². The van der Waals surface area contributed by atoms with Gasteiger partial charge in [-0.05, 0) is 29.8 Å². The summed E-state index contributed by atoms with van der Waals surface area (Å²) in [4.78, 5) is 59.8. The maximum Gasteiger partial charge on any atom is 0.302 e. The van der Waals surface area contributed by atoms with E-state index >= 15 is 0 Å². The van der Waals surface area contributed by atoms with Gasteiger partial charge in [0.05, 0.1) is 13.0 Å². The topological polar surface area (TPSA) is 109 Å². The molecule has 3 aromatic rings. The molecule has 4 rings (SSSR count). The number of nitrogens with one attached hydrogen (secondary N) is 1. The van der Waals surface area contributed by atoms with Gasteiger partial charge in [-0.1, -0.05) is 61.8 Å². The van der Waals surface area contributed by atoms with Crippen molar-refractivity contribution in [2.45, 2.75) is 46.3 Å². The third-order valence-electron chi connectivity index (χ3n) is 6.85. The number of anilines is 1. The van der Waals surface area contributed by atoms with Crippen LogP contribution in [0.15, 0.2) is 66.9 Å². The van der Waals surface area contributed by atoms with Gasteiger partial charge in [0.25, 0.3) is 5.91 Å². The Morgan fingerprint density at radius 3 is 2.55 bits per heavy atom. The number of esters is 1. The van der Waals surface area contributed by atoms with Crippen LogP contribution in [0.1, 0.15) is 48.7 Å². The first-order valence-corrected chi connectivity index (χ1v) is 13.8. The van der Waals surface area contributed by atoms with Gasteiger partial charge in [-0.15, -0.1) is 0 Å². The fraction of sp³-hybridized carbons (Fsp3) is 0.323. The molecule has 11 heteroatoms. The molecule has 1 aliphatic rings. The van der Waals surface area contributed by atoms with Crippen LogP contribution in [0, 0.1) is 11.2 Å². The fourth-order valence-electron chi connectivity index (χ4n) is 4.76. The summed E-state index contributed by atoms with van der Waals surface area (Å²) in [5.41, 5.74) is 1.11. The molecular weight excluding hydrogens is 563 g/mol. The number of pyridine rings is 1. The number of benzene rings is 2. The van der Waals surface area contributed by atoms with Crippen molar-refractivity contribution in [1.29, 1.82) is 0 Å². The van der Waals surface area contributed by atoms with E-state index in [1.54, 1.807) is 41.3 Å². The van der Waals surface area contributed by atoms with Gasteiger partial charge in [0, 0.05) is 55.0 Å². The summed E-state index contributed by atoms with van der Waals surface area (Å²) in [6, 6.07) is 14.9. The van der Waals surface area contributed by atoms with Crippen molar-refractivity contribution in [3.8, 4) is 0 Å². The average Bonchev–Trinajstić information content (AvgIpc) is 3.06. The van der Waals surface area contributed by atoms with Crippen LogP contribution in [0.3, 0.4) is 0 Å². The second-order valence-electron chi connectivity index (χ2n) is 10.9. The molecule has 1 aliphatic heterocycles. The second kappa shape index (κ2) is 13.1. The lowest BCUT2D eigenvalue weighted by Crippen LogP contribution is -2.52. The Labute approximate surface area is 248 Å². The van der Waals surface area contributed by atoms with Crippen LogP contribution >= 0.6 is 11.6 Å². The number of fused-ring (bicyclic) bond motifs is 1. The van der Waals surface area contributed by atoms with E-state index in [0.29, 0.717) is 16.8 Å². The molecule has 0 spiro atoms. The quantitative estimate of drug-likeness (QED) is 0.288. The predicted molar refractivity (Wildman–Crippen MR) is 155 cm³/mol. The molecule has 0 bridgehead atoms. The Bertz CT molecular complexity index is 1500. The van der Waals surface area contributed by atoms with Crippen molar-refractivity contribution in [2.75, 3.05) is 18.1 Å². The molecule has 1 aromatic heterocycles. The Hall–Kier alpha value is -4.31. The molecule has 0 radical (unpaired) electrons. The second-order valence-corrected chi connectivity index (χ2v) is 11.3. The number of nitrogens with zero attached hydrogens (tertiary/aromatic N) is 3. The van der Waals surface area contributed by atoms with Crippen molar-refractivity contribution >= 4 is 41.0 Å². The predicted octanol–water partition coefficient (Wildman–Crippen LogP) is 4.53. The molecule has 0 aliphatic carbocycles. The maximum absolute atomic E-state index is 14.3. The van der Waals surface area contributed by atoms with Crippen LogP contribution < -0.4 is 10.2 Å². The highest BCUT2D eigenvalue weighted by Gasteiger charge is 2.41. The number of aromatic nitrogens is 1. The Morgan fingerprint density at radius 1 is 1.12 bits per heavy atom. The lowest BCUT2D eigenvalue weighted by Gasteiger charge is -2.35. The van der Waals surface area contributed by atoms with Crippen molar-refractivity contribution in [1.82, 2.24) is 15.2 Å². The molecule has 3 amide bonds. The zero-order valence-corrected chi connectivity index (χ0v) is 24.4. The smallest absolute Gasteiger partial charge is 0.302 e. The summed E-state index contributed by atoms with van der Waals surface area (Å²) in [5.74, 6) is -2.43. The molecule has 2 heterocycles. The van der Waals surface area contributed by atoms with Gasteiger partial charge in [0.15, 0.2) is 0 Å². The number of carbonyl (C=O) groups is 4. The molecule has 2 aromatic carbocycles. The van der Waals surface area contributed by atoms with E-state index in [9.17, 15) is 23.6 Å². The van der Waals surface area contributed by atoms with Gasteiger partial charge in [-0.25, -0.2) is 9.37 Å². The van der Waals surface area contributed by atoms with Crippen LogP contribution in [0.2, 0.25) is 5.15 Å². The molecule has 0 fully saturated rings. The Morgan fingerprint density at radius 2 is 1.83 bits per heavy atom. The van der Waals surface area contributed by atoms with E-state index in [1.807, 2.05) is 19.9 Å². The van der Waals surface area contributed by atoms with Gasteiger partial charge in [0.1, 0.15) is 17.0 Å². The Kier molecular flexibility index (Phi) is 9.57. The summed E-state index contributed by atoms with van der Waals surface area (Å²) in [6.45, 7) is 5.18. The minimum Gasteiger partial charge on any atom is -0.465 e. The first-order chi connectivity index (χ1) is 19.9. The lowest BCUT2D eigenvalue weighted by molar-refractivity contribution is -0.143. The zero-order valence-electron chi connectivity index (χ0n) is 23.6. The summed E-state index contributed by atoms with van der Waals surface area (Å²) in [5, 5.41) is 2.78. The SMILES string of the molecule is CC(=O)OCC(C)(C)CN1C(=O)C(CC(=O)NCc2ccccc2F)N(C(=O)c2ccnc(Cl)c2)Cc2ccccc21. The highest BCUT2D eigenvalue weighted by atomic mass is 35.5. The summed E-state index contributed by atoms with van der Waals surface area (Å²) >= 11 is 6.06. The summed E-state index contributed by atoms with van der Waals surface area (Å²) < 4.78 is 19.4. The van der Waals surface area contributed by atoms with Crippen LogP contribution in [0.25, 0.3) is 0 Å². The summed E-state index contributed by atoms with van der Waals surface area (Å²) in [6.07, 6.45) is 1.02. The van der Waals surface area contributed by atoms with E-state index in [0.717, 1.165) is 0 Å². The normalized spacial score (nSPS) is 15.1. The maximum atomic E-state index is 14.3. The average molecular weight is 595 g/mol. The largest absolute Gasteiger partial charge is 0.465 e. The minimum absolute atomic E-state index is 0.0345. The van der Waals surface area contributed by atoms with Crippen molar-refractivity contribution in [3.63, 3.8) is 0 Å². The number of amides is 3. The first-order valence-electron chi connectivity index (χ1n) is 13.4. The lowest BCUT2D eigenvalue weighted by atomic mass is 9.93. The van der Waals surface area contributed by atoms with Crippen LogP contribution in [0.5, 0.6) is 0 Å². The third-order valence-corrected chi connectivity index (χ3v) is 7.06. The molecule has 0 saturated heterocycles. The number of carbonyl (C=O) groups excluding carboxylic acids is 4. The van der Waals surface area contributed by atoms with E-state index in [-0.39, 0.29) is 43.4 Å². The van der Waals surface area contributed by atoms with E-state index < -0.39 is 41.0 Å². The number of hydrogen-bond acceptors (Lipinski definition) is 6. The van der Waals surface area contributed by atoms with Gasteiger partial charge in [-0.2, -0.15) is 0 Å². The number of hydrogen-bond donors (Lipinski definition) is 1. The molecular formula is C31H32ClFN4O5. The zero-order chi connectivity index (χ0) is 30.4. The van der Waals surface area contributed by atoms with E-state index in [4.69, 9.17) is 16.3 Å². The van der Waals surface area contributed by atoms with Gasteiger partial charge >= 0.3 is 5.97 Å². The molecule has 1 N–H and O–H groups in total. The highest BCUT2D eigenvalue weighted by molar-refractivity contribution is 6.29. The van der Waals surface area contributed by atoms with E-state index in [2.05, 4.69) is 10.3 Å². The number of halogens is 2.